The van der Waals surface area contributed by atoms with Gasteiger partial charge >= 0.3 is 0 Å². The van der Waals surface area contributed by atoms with E-state index in [1.54, 1.807) is 0 Å². The predicted molar refractivity (Wildman–Crippen MR) is 62.9 cm³/mol. The zero-order valence-electron chi connectivity index (χ0n) is 9.93. The van der Waals surface area contributed by atoms with Crippen molar-refractivity contribution >= 4 is 0 Å². The lowest BCUT2D eigenvalue weighted by Gasteiger charge is -2.16. The van der Waals surface area contributed by atoms with Crippen molar-refractivity contribution in [1.29, 1.82) is 0 Å². The molecule has 0 radical (unpaired) electrons. The summed E-state index contributed by atoms with van der Waals surface area (Å²) in [5, 5.41) is 0. The SMILES string of the molecule is CCCn1cncc1COC1CCCC1N. The molecule has 2 rings (SSSR count). The van der Waals surface area contributed by atoms with Gasteiger partial charge in [0.25, 0.3) is 0 Å². The zero-order chi connectivity index (χ0) is 11.4. The van der Waals surface area contributed by atoms with Gasteiger partial charge in [-0.15, -0.1) is 0 Å². The van der Waals surface area contributed by atoms with Gasteiger partial charge in [-0.2, -0.15) is 0 Å². The van der Waals surface area contributed by atoms with E-state index in [-0.39, 0.29) is 12.1 Å². The van der Waals surface area contributed by atoms with Crippen molar-refractivity contribution in [2.24, 2.45) is 5.73 Å². The first-order valence-electron chi connectivity index (χ1n) is 6.17. The summed E-state index contributed by atoms with van der Waals surface area (Å²) in [6.45, 7) is 3.81. The van der Waals surface area contributed by atoms with Crippen molar-refractivity contribution in [3.63, 3.8) is 0 Å². The van der Waals surface area contributed by atoms with Crippen LogP contribution >= 0.6 is 0 Å². The topological polar surface area (TPSA) is 53.1 Å². The Labute approximate surface area is 96.8 Å². The highest BCUT2D eigenvalue weighted by Gasteiger charge is 2.24. The Kier molecular flexibility index (Phi) is 3.96. The fourth-order valence-electron chi connectivity index (χ4n) is 2.26. The molecule has 1 aliphatic carbocycles. The van der Waals surface area contributed by atoms with Gasteiger partial charge < -0.3 is 15.0 Å². The van der Waals surface area contributed by atoms with Gasteiger partial charge in [-0.1, -0.05) is 6.92 Å². The number of nitrogens with zero attached hydrogens (tertiary/aromatic N) is 2. The van der Waals surface area contributed by atoms with E-state index in [1.165, 1.54) is 6.42 Å². The Morgan fingerprint density at radius 1 is 1.56 bits per heavy atom. The van der Waals surface area contributed by atoms with Crippen LogP contribution in [0, 0.1) is 0 Å². The van der Waals surface area contributed by atoms with E-state index in [4.69, 9.17) is 10.5 Å². The summed E-state index contributed by atoms with van der Waals surface area (Å²) in [5.41, 5.74) is 7.12. The molecule has 2 atom stereocenters. The van der Waals surface area contributed by atoms with Crippen molar-refractivity contribution in [3.8, 4) is 0 Å². The maximum Gasteiger partial charge on any atom is 0.0948 e. The minimum Gasteiger partial charge on any atom is -0.370 e. The van der Waals surface area contributed by atoms with E-state index in [1.807, 2.05) is 12.5 Å². The van der Waals surface area contributed by atoms with E-state index in [2.05, 4.69) is 16.5 Å². The molecule has 1 heterocycles. The summed E-state index contributed by atoms with van der Waals surface area (Å²) in [4.78, 5) is 4.16. The summed E-state index contributed by atoms with van der Waals surface area (Å²) >= 11 is 0. The van der Waals surface area contributed by atoms with Crippen molar-refractivity contribution in [1.82, 2.24) is 9.55 Å². The standard InChI is InChI=1S/C12H21N3O/c1-2-6-15-9-14-7-10(15)8-16-12-5-3-4-11(12)13/h7,9,11-12H,2-6,8,13H2,1H3. The molecule has 2 N–H and O–H groups in total. The summed E-state index contributed by atoms with van der Waals surface area (Å²) in [5.74, 6) is 0. The molecule has 1 aromatic heterocycles. The van der Waals surface area contributed by atoms with Gasteiger partial charge in [0.05, 0.1) is 30.9 Å². The van der Waals surface area contributed by atoms with Crippen molar-refractivity contribution in [3.05, 3.63) is 18.2 Å². The lowest BCUT2D eigenvalue weighted by molar-refractivity contribution is 0.0324. The van der Waals surface area contributed by atoms with E-state index >= 15 is 0 Å². The van der Waals surface area contributed by atoms with Gasteiger partial charge in [0.15, 0.2) is 0 Å². The first kappa shape index (κ1) is 11.6. The quantitative estimate of drug-likeness (QED) is 0.826. The molecular formula is C12H21N3O. The normalized spacial score (nSPS) is 25.1. The number of imidazole rings is 1. The molecule has 0 saturated heterocycles. The average Bonchev–Trinajstić information content (AvgIpc) is 2.86. The van der Waals surface area contributed by atoms with E-state index < -0.39 is 0 Å². The molecule has 4 heteroatoms. The van der Waals surface area contributed by atoms with Crippen molar-refractivity contribution in [2.45, 2.75) is 57.9 Å². The van der Waals surface area contributed by atoms with Gasteiger partial charge in [0.2, 0.25) is 0 Å². The van der Waals surface area contributed by atoms with Crippen LogP contribution < -0.4 is 5.73 Å². The maximum absolute atomic E-state index is 5.97. The number of aromatic nitrogens is 2. The molecule has 0 spiro atoms. The largest absolute Gasteiger partial charge is 0.370 e. The van der Waals surface area contributed by atoms with Crippen LogP contribution in [0.2, 0.25) is 0 Å². The molecule has 4 nitrogen and oxygen atoms in total. The van der Waals surface area contributed by atoms with Gasteiger partial charge in [0, 0.05) is 12.6 Å². The molecular weight excluding hydrogens is 202 g/mol. The zero-order valence-corrected chi connectivity index (χ0v) is 9.93. The highest BCUT2D eigenvalue weighted by atomic mass is 16.5. The maximum atomic E-state index is 5.97. The third-order valence-corrected chi connectivity index (χ3v) is 3.21. The molecule has 1 aliphatic rings. The molecule has 0 aliphatic heterocycles. The van der Waals surface area contributed by atoms with E-state index in [9.17, 15) is 0 Å². The minimum absolute atomic E-state index is 0.225. The molecule has 0 amide bonds. The minimum atomic E-state index is 0.225. The highest BCUT2D eigenvalue weighted by Crippen LogP contribution is 2.21. The van der Waals surface area contributed by atoms with Gasteiger partial charge in [-0.05, 0) is 25.7 Å². The lowest BCUT2D eigenvalue weighted by atomic mass is 10.2. The van der Waals surface area contributed by atoms with Crippen LogP contribution in [-0.2, 0) is 17.9 Å². The number of hydrogen-bond donors (Lipinski definition) is 1. The summed E-state index contributed by atoms with van der Waals surface area (Å²) in [6.07, 6.45) is 8.51. The van der Waals surface area contributed by atoms with Crippen molar-refractivity contribution in [2.75, 3.05) is 0 Å². The Bertz CT molecular complexity index is 324. The van der Waals surface area contributed by atoms with Crippen LogP contribution in [0.25, 0.3) is 0 Å². The molecule has 1 fully saturated rings. The molecule has 2 unspecified atom stereocenters. The molecule has 0 aromatic carbocycles. The first-order chi connectivity index (χ1) is 7.81. The Hall–Kier alpha value is -0.870. The monoisotopic (exact) mass is 223 g/mol. The fraction of sp³-hybridized carbons (Fsp3) is 0.750. The third kappa shape index (κ3) is 2.62. The van der Waals surface area contributed by atoms with Gasteiger partial charge in [-0.3, -0.25) is 0 Å². The Morgan fingerprint density at radius 3 is 3.12 bits per heavy atom. The number of nitrogens with two attached hydrogens (primary N) is 1. The number of rotatable bonds is 5. The van der Waals surface area contributed by atoms with E-state index in [0.717, 1.165) is 31.5 Å². The number of hydrogen-bond acceptors (Lipinski definition) is 3. The molecule has 90 valence electrons. The van der Waals surface area contributed by atoms with Crippen LogP contribution in [0.4, 0.5) is 0 Å². The van der Waals surface area contributed by atoms with Crippen molar-refractivity contribution < 1.29 is 4.74 Å². The second kappa shape index (κ2) is 5.46. The first-order valence-corrected chi connectivity index (χ1v) is 6.17. The number of aryl methyl sites for hydroxylation is 1. The smallest absolute Gasteiger partial charge is 0.0948 e. The van der Waals surface area contributed by atoms with Crippen LogP contribution in [0.3, 0.4) is 0 Å². The molecule has 16 heavy (non-hydrogen) atoms. The highest BCUT2D eigenvalue weighted by molar-refractivity contribution is 4.97. The lowest BCUT2D eigenvalue weighted by Crippen LogP contribution is -2.31. The Morgan fingerprint density at radius 2 is 2.44 bits per heavy atom. The predicted octanol–water partition coefficient (Wildman–Crippen LogP) is 1.69. The second-order valence-corrected chi connectivity index (χ2v) is 4.52. The second-order valence-electron chi connectivity index (χ2n) is 4.52. The van der Waals surface area contributed by atoms with Crippen LogP contribution in [0.15, 0.2) is 12.5 Å². The summed E-state index contributed by atoms with van der Waals surface area (Å²) in [7, 11) is 0. The van der Waals surface area contributed by atoms with Crippen LogP contribution in [0.1, 0.15) is 38.3 Å². The molecule has 1 aromatic rings. The summed E-state index contributed by atoms with van der Waals surface area (Å²) < 4.78 is 8.01. The third-order valence-electron chi connectivity index (χ3n) is 3.21. The molecule has 0 bridgehead atoms. The van der Waals surface area contributed by atoms with Gasteiger partial charge in [-0.25, -0.2) is 4.98 Å². The average molecular weight is 223 g/mol. The summed E-state index contributed by atoms with van der Waals surface area (Å²) in [6, 6.07) is 0.225. The number of ether oxygens (including phenoxy) is 1. The molecule has 1 saturated carbocycles. The van der Waals surface area contributed by atoms with E-state index in [0.29, 0.717) is 6.61 Å². The van der Waals surface area contributed by atoms with Crippen LogP contribution in [-0.4, -0.2) is 21.7 Å². The Balaban J connectivity index is 1.86. The van der Waals surface area contributed by atoms with Crippen LogP contribution in [0.5, 0.6) is 0 Å². The fourth-order valence-corrected chi connectivity index (χ4v) is 2.26. The van der Waals surface area contributed by atoms with Gasteiger partial charge in [0.1, 0.15) is 0 Å².